The summed E-state index contributed by atoms with van der Waals surface area (Å²) in [6.45, 7) is 3.48. The van der Waals surface area contributed by atoms with Crippen LogP contribution in [0.1, 0.15) is 61.0 Å². The molecule has 6 rings (SSSR count). The predicted octanol–water partition coefficient (Wildman–Crippen LogP) is 5.72. The Balaban J connectivity index is 1.45. The molecule has 1 unspecified atom stereocenters. The molecule has 43 heavy (non-hydrogen) atoms. The van der Waals surface area contributed by atoms with Crippen molar-refractivity contribution in [1.29, 1.82) is 0 Å². The Hall–Kier alpha value is -3.02. The van der Waals surface area contributed by atoms with Crippen LogP contribution in [0, 0.1) is 17.6 Å². The number of nitrogens with one attached hydrogen (secondary N) is 1. The van der Waals surface area contributed by atoms with Crippen molar-refractivity contribution in [2.75, 3.05) is 15.8 Å². The third kappa shape index (κ3) is 5.23. The van der Waals surface area contributed by atoms with Crippen molar-refractivity contribution < 1.29 is 30.4 Å². The van der Waals surface area contributed by atoms with Crippen LogP contribution in [0.15, 0.2) is 65.6 Å². The van der Waals surface area contributed by atoms with Gasteiger partial charge >= 0.3 is 0 Å². The quantitative estimate of drug-likeness (QED) is 0.369. The van der Waals surface area contributed by atoms with E-state index in [0.29, 0.717) is 16.8 Å². The Bertz CT molecular complexity index is 1830. The van der Waals surface area contributed by atoms with Gasteiger partial charge in [-0.3, -0.25) is 9.10 Å². The van der Waals surface area contributed by atoms with E-state index in [-0.39, 0.29) is 45.7 Å². The fraction of sp³-hybridized carbons (Fsp3) is 0.387. The topological polar surface area (TPSA) is 101 Å². The van der Waals surface area contributed by atoms with Crippen LogP contribution in [0.25, 0.3) is 0 Å². The number of amides is 1. The van der Waals surface area contributed by atoms with E-state index in [0.717, 1.165) is 25.0 Å². The Kier molecular flexibility index (Phi) is 7.17. The summed E-state index contributed by atoms with van der Waals surface area (Å²) in [5.74, 6) is -1.68. The van der Waals surface area contributed by atoms with Crippen LogP contribution in [-0.2, 0) is 30.8 Å². The van der Waals surface area contributed by atoms with Crippen LogP contribution < -0.4 is 9.62 Å². The minimum Gasteiger partial charge on any atom is -0.343 e. The van der Waals surface area contributed by atoms with Crippen molar-refractivity contribution in [2.45, 2.75) is 61.4 Å². The molecule has 1 aliphatic carbocycles. The van der Waals surface area contributed by atoms with Gasteiger partial charge in [0, 0.05) is 16.0 Å². The smallest absolute Gasteiger partial charge is 0.264 e. The van der Waals surface area contributed by atoms with Crippen molar-refractivity contribution in [3.8, 4) is 0 Å². The molecule has 1 saturated heterocycles. The Morgan fingerprint density at radius 1 is 0.977 bits per heavy atom. The number of halogens is 3. The standard InChI is InChI=1S/C31H31ClF2N2O5S2/c1-30(2,24-11-8-22(34)18-26(24)32)35-29(37)20-5-12-27-25(17-20)31(13-15-42(38,39)16-14-31)28(19-3-4-19)36(27)43(40,41)23-9-6-21(33)7-10-23/h5-12,17-19,28H,3-4,13-16H2,1-2H3,(H,35,37). The molecular weight excluding hydrogens is 618 g/mol. The molecule has 12 heteroatoms. The van der Waals surface area contributed by atoms with Gasteiger partial charge in [-0.05, 0) is 111 Å². The van der Waals surface area contributed by atoms with Gasteiger partial charge in [0.2, 0.25) is 0 Å². The molecule has 1 amide bonds. The second kappa shape index (κ2) is 10.3. The average Bonchev–Trinajstić information content (AvgIpc) is 3.73. The highest BCUT2D eigenvalue weighted by Gasteiger charge is 2.60. The highest BCUT2D eigenvalue weighted by molar-refractivity contribution is 7.93. The minimum atomic E-state index is -4.16. The zero-order valence-electron chi connectivity index (χ0n) is 23.6. The summed E-state index contributed by atoms with van der Waals surface area (Å²) in [6.07, 6.45) is 2.03. The van der Waals surface area contributed by atoms with Crippen LogP contribution in [0.4, 0.5) is 14.5 Å². The summed E-state index contributed by atoms with van der Waals surface area (Å²) < 4.78 is 82.3. The number of sulfonamides is 1. The fourth-order valence-electron chi connectivity index (χ4n) is 6.74. The van der Waals surface area contributed by atoms with Gasteiger partial charge in [-0.1, -0.05) is 17.7 Å². The minimum absolute atomic E-state index is 0.0141. The number of rotatable bonds is 6. The molecule has 3 aliphatic rings. The summed E-state index contributed by atoms with van der Waals surface area (Å²) in [5, 5.41) is 3.12. The third-order valence-corrected chi connectivity index (χ3v) is 12.8. The molecular formula is C31H31ClF2N2O5S2. The van der Waals surface area contributed by atoms with Gasteiger partial charge in [-0.2, -0.15) is 0 Å². The van der Waals surface area contributed by atoms with Crippen molar-refractivity contribution >= 4 is 43.1 Å². The predicted molar refractivity (Wildman–Crippen MR) is 160 cm³/mol. The first kappa shape index (κ1) is 30.0. The van der Waals surface area contributed by atoms with E-state index in [4.69, 9.17) is 11.6 Å². The number of anilines is 1. The van der Waals surface area contributed by atoms with Crippen LogP contribution in [0.3, 0.4) is 0 Å². The van der Waals surface area contributed by atoms with Gasteiger partial charge in [-0.15, -0.1) is 0 Å². The van der Waals surface area contributed by atoms with Gasteiger partial charge < -0.3 is 5.32 Å². The van der Waals surface area contributed by atoms with Crippen molar-refractivity contribution in [3.05, 3.63) is 94.0 Å². The molecule has 0 radical (unpaired) electrons. The SMILES string of the molecule is CC(C)(NC(=O)c1ccc2c(c1)C1(CCS(=O)(=O)CC1)C(C1CC1)N2S(=O)(=O)c1ccc(F)cc1)c1ccc(F)cc1Cl. The first-order chi connectivity index (χ1) is 20.1. The third-order valence-electron chi connectivity index (χ3n) is 9.04. The van der Waals surface area contributed by atoms with E-state index in [1.54, 1.807) is 32.0 Å². The molecule has 0 bridgehead atoms. The molecule has 3 aromatic carbocycles. The van der Waals surface area contributed by atoms with Crippen molar-refractivity contribution in [1.82, 2.24) is 5.32 Å². The van der Waals surface area contributed by atoms with Crippen molar-refractivity contribution in [3.63, 3.8) is 0 Å². The summed E-state index contributed by atoms with van der Waals surface area (Å²) in [6, 6.07) is 12.9. The lowest BCUT2D eigenvalue weighted by Crippen LogP contribution is -2.52. The van der Waals surface area contributed by atoms with Gasteiger partial charge in [0.1, 0.15) is 21.5 Å². The second-order valence-electron chi connectivity index (χ2n) is 12.3. The number of hydrogen-bond acceptors (Lipinski definition) is 5. The van der Waals surface area contributed by atoms with Crippen LogP contribution in [0.2, 0.25) is 5.02 Å². The highest BCUT2D eigenvalue weighted by Crippen LogP contribution is 2.59. The zero-order valence-corrected chi connectivity index (χ0v) is 26.0. The first-order valence-electron chi connectivity index (χ1n) is 14.1. The van der Waals surface area contributed by atoms with E-state index in [1.807, 2.05) is 0 Å². The summed E-state index contributed by atoms with van der Waals surface area (Å²) in [4.78, 5) is 13.6. The molecule has 2 heterocycles. The van der Waals surface area contributed by atoms with Crippen LogP contribution in [0.5, 0.6) is 0 Å². The van der Waals surface area contributed by atoms with Gasteiger partial charge in [-0.25, -0.2) is 25.6 Å². The molecule has 3 aromatic rings. The van der Waals surface area contributed by atoms with E-state index < -0.39 is 54.4 Å². The number of sulfone groups is 1. The fourth-order valence-corrected chi connectivity index (χ4v) is 10.5. The van der Waals surface area contributed by atoms with Gasteiger partial charge in [0.05, 0.1) is 33.7 Å². The summed E-state index contributed by atoms with van der Waals surface area (Å²) in [5.41, 5.74) is 0.0125. The maximum absolute atomic E-state index is 14.2. The first-order valence-corrected chi connectivity index (χ1v) is 17.7. The van der Waals surface area contributed by atoms with E-state index >= 15 is 0 Å². The monoisotopic (exact) mass is 648 g/mol. The van der Waals surface area contributed by atoms with E-state index in [1.165, 1.54) is 34.6 Å². The molecule has 2 aliphatic heterocycles. The molecule has 1 saturated carbocycles. The maximum Gasteiger partial charge on any atom is 0.264 e. The lowest BCUT2D eigenvalue weighted by atomic mass is 9.70. The normalized spacial score (nSPS) is 21.0. The number of carbonyl (C=O) groups excluding carboxylic acids is 1. The summed E-state index contributed by atoms with van der Waals surface area (Å²) in [7, 11) is -7.47. The average molecular weight is 649 g/mol. The lowest BCUT2D eigenvalue weighted by Gasteiger charge is -2.41. The lowest BCUT2D eigenvalue weighted by molar-refractivity contribution is 0.0912. The Labute approximate surface area is 255 Å². The molecule has 228 valence electrons. The molecule has 1 atom stereocenters. The summed E-state index contributed by atoms with van der Waals surface area (Å²) >= 11 is 6.29. The second-order valence-corrected chi connectivity index (χ2v) is 16.8. The Morgan fingerprint density at radius 3 is 2.21 bits per heavy atom. The molecule has 1 spiro atoms. The van der Waals surface area contributed by atoms with Crippen molar-refractivity contribution in [2.24, 2.45) is 5.92 Å². The highest BCUT2D eigenvalue weighted by atomic mass is 35.5. The largest absolute Gasteiger partial charge is 0.343 e. The van der Waals surface area contributed by atoms with E-state index in [2.05, 4.69) is 5.32 Å². The number of fused-ring (bicyclic) bond motifs is 2. The number of benzene rings is 3. The molecule has 1 N–H and O–H groups in total. The molecule has 2 fully saturated rings. The van der Waals surface area contributed by atoms with E-state index in [9.17, 15) is 30.4 Å². The van der Waals surface area contributed by atoms with Crippen LogP contribution >= 0.6 is 11.6 Å². The molecule has 7 nitrogen and oxygen atoms in total. The van der Waals surface area contributed by atoms with Crippen LogP contribution in [-0.4, -0.2) is 40.3 Å². The van der Waals surface area contributed by atoms with Gasteiger partial charge in [0.15, 0.2) is 0 Å². The number of hydrogen-bond donors (Lipinski definition) is 1. The Morgan fingerprint density at radius 2 is 1.60 bits per heavy atom. The van der Waals surface area contributed by atoms with Gasteiger partial charge in [0.25, 0.3) is 15.9 Å². The molecule has 0 aromatic heterocycles. The number of nitrogens with zero attached hydrogens (tertiary/aromatic N) is 1. The maximum atomic E-state index is 14.2. The number of carbonyl (C=O) groups is 1. The zero-order chi connectivity index (χ0) is 30.9.